The van der Waals surface area contributed by atoms with E-state index in [9.17, 15) is 21.6 Å². The first-order valence-corrected chi connectivity index (χ1v) is 7.52. The second-order valence-corrected chi connectivity index (χ2v) is 6.37. The van der Waals surface area contributed by atoms with Crippen LogP contribution in [0, 0.1) is 5.92 Å². The molecule has 1 aromatic carbocycles. The Labute approximate surface area is 115 Å². The highest BCUT2D eigenvalue weighted by Gasteiger charge is 2.31. The minimum absolute atomic E-state index is 0.0653. The van der Waals surface area contributed by atoms with Gasteiger partial charge in [0.25, 0.3) is 0 Å². The van der Waals surface area contributed by atoms with Gasteiger partial charge in [-0.3, -0.25) is 0 Å². The summed E-state index contributed by atoms with van der Waals surface area (Å²) in [7, 11) is -3.94. The molecule has 1 aliphatic heterocycles. The van der Waals surface area contributed by atoms with Gasteiger partial charge < -0.3 is 4.74 Å². The van der Waals surface area contributed by atoms with Crippen LogP contribution in [-0.4, -0.2) is 28.2 Å². The van der Waals surface area contributed by atoms with Crippen molar-refractivity contribution in [2.24, 2.45) is 5.92 Å². The van der Waals surface area contributed by atoms with Crippen LogP contribution in [0.2, 0.25) is 0 Å². The van der Waals surface area contributed by atoms with Crippen molar-refractivity contribution in [3.63, 3.8) is 0 Å². The number of hydrogen-bond donors (Lipinski definition) is 1. The molecule has 0 unspecified atom stereocenters. The molecule has 1 aliphatic rings. The van der Waals surface area contributed by atoms with Crippen LogP contribution in [0.3, 0.4) is 0 Å². The molecule has 0 saturated carbocycles. The molecule has 0 radical (unpaired) electrons. The second kappa shape index (κ2) is 5.71. The van der Waals surface area contributed by atoms with E-state index < -0.39 is 21.8 Å². The number of halogens is 3. The van der Waals surface area contributed by atoms with E-state index in [1.807, 2.05) is 0 Å². The van der Waals surface area contributed by atoms with E-state index >= 15 is 0 Å². The third-order valence-corrected chi connectivity index (χ3v) is 4.48. The zero-order chi connectivity index (χ0) is 14.8. The van der Waals surface area contributed by atoms with Gasteiger partial charge in [-0.15, -0.1) is 0 Å². The quantitative estimate of drug-likeness (QED) is 0.926. The molecular formula is C12H14F3NO3S. The molecule has 2 rings (SSSR count). The monoisotopic (exact) mass is 309 g/mol. The lowest BCUT2D eigenvalue weighted by Crippen LogP contribution is -2.29. The topological polar surface area (TPSA) is 55.4 Å². The molecule has 1 saturated heterocycles. The van der Waals surface area contributed by atoms with Gasteiger partial charge >= 0.3 is 6.18 Å². The average Bonchev–Trinajstić information content (AvgIpc) is 2.89. The Kier molecular flexibility index (Phi) is 4.36. The van der Waals surface area contributed by atoms with Crippen LogP contribution in [0.25, 0.3) is 0 Å². The van der Waals surface area contributed by atoms with Gasteiger partial charge in [0.15, 0.2) is 0 Å². The third-order valence-electron chi connectivity index (χ3n) is 3.06. The standard InChI is InChI=1S/C12H14F3NO3S/c13-12(14,15)10-2-1-3-11(6-10)20(17,18)16-7-9-4-5-19-8-9/h1-3,6,9,16H,4-5,7-8H2/t9-/m1/s1. The molecule has 1 atom stereocenters. The number of alkyl halides is 3. The zero-order valence-corrected chi connectivity index (χ0v) is 11.3. The highest BCUT2D eigenvalue weighted by molar-refractivity contribution is 7.89. The maximum atomic E-state index is 12.6. The molecule has 8 heteroatoms. The lowest BCUT2D eigenvalue weighted by molar-refractivity contribution is -0.137. The summed E-state index contributed by atoms with van der Waals surface area (Å²) < 4.78 is 69.0. The predicted octanol–water partition coefficient (Wildman–Crippen LogP) is 2.02. The number of nitrogens with one attached hydrogen (secondary N) is 1. The van der Waals surface area contributed by atoms with Crippen molar-refractivity contribution in [3.05, 3.63) is 29.8 Å². The number of ether oxygens (including phenoxy) is 1. The maximum Gasteiger partial charge on any atom is 0.416 e. The molecule has 0 aliphatic carbocycles. The molecule has 0 spiro atoms. The van der Waals surface area contributed by atoms with Gasteiger partial charge in [0.05, 0.1) is 17.1 Å². The summed E-state index contributed by atoms with van der Waals surface area (Å²) in [4.78, 5) is -0.383. The Morgan fingerprint density at radius 3 is 2.70 bits per heavy atom. The van der Waals surface area contributed by atoms with Crippen molar-refractivity contribution in [1.82, 2.24) is 4.72 Å². The highest BCUT2D eigenvalue weighted by atomic mass is 32.2. The third kappa shape index (κ3) is 3.71. The summed E-state index contributed by atoms with van der Waals surface area (Å²) in [5.74, 6) is 0.0653. The van der Waals surface area contributed by atoms with Crippen molar-refractivity contribution >= 4 is 10.0 Å². The number of benzene rings is 1. The van der Waals surface area contributed by atoms with Gasteiger partial charge in [-0.2, -0.15) is 13.2 Å². The van der Waals surface area contributed by atoms with Crippen molar-refractivity contribution in [2.75, 3.05) is 19.8 Å². The second-order valence-electron chi connectivity index (χ2n) is 4.61. The maximum absolute atomic E-state index is 12.6. The van der Waals surface area contributed by atoms with Crippen LogP contribution >= 0.6 is 0 Å². The minimum Gasteiger partial charge on any atom is -0.381 e. The van der Waals surface area contributed by atoms with Gasteiger partial charge in [-0.1, -0.05) is 6.07 Å². The largest absolute Gasteiger partial charge is 0.416 e. The summed E-state index contributed by atoms with van der Waals surface area (Å²) in [6.07, 6.45) is -3.82. The fourth-order valence-electron chi connectivity index (χ4n) is 1.89. The van der Waals surface area contributed by atoms with Gasteiger partial charge in [-0.05, 0) is 30.5 Å². The molecule has 1 aromatic rings. The summed E-state index contributed by atoms with van der Waals surface area (Å²) in [5, 5.41) is 0. The summed E-state index contributed by atoms with van der Waals surface area (Å²) >= 11 is 0. The first-order chi connectivity index (χ1) is 9.29. The Balaban J connectivity index is 2.12. The van der Waals surface area contributed by atoms with E-state index in [2.05, 4.69) is 4.72 Å². The molecule has 0 bridgehead atoms. The molecule has 1 fully saturated rings. The van der Waals surface area contributed by atoms with Crippen molar-refractivity contribution in [3.8, 4) is 0 Å². The highest BCUT2D eigenvalue weighted by Crippen LogP contribution is 2.30. The van der Waals surface area contributed by atoms with E-state index in [0.29, 0.717) is 19.3 Å². The first kappa shape index (κ1) is 15.3. The lowest BCUT2D eigenvalue weighted by Gasteiger charge is -2.12. The van der Waals surface area contributed by atoms with E-state index in [4.69, 9.17) is 4.74 Å². The molecular weight excluding hydrogens is 295 g/mol. The molecule has 0 aromatic heterocycles. The van der Waals surface area contributed by atoms with Crippen LogP contribution in [0.15, 0.2) is 29.2 Å². The SMILES string of the molecule is O=S(=O)(NC[C@H]1CCOC1)c1cccc(C(F)(F)F)c1. The predicted molar refractivity (Wildman–Crippen MR) is 65.6 cm³/mol. The van der Waals surface area contributed by atoms with Gasteiger partial charge in [0, 0.05) is 13.2 Å². The zero-order valence-electron chi connectivity index (χ0n) is 10.5. The molecule has 4 nitrogen and oxygen atoms in total. The Morgan fingerprint density at radius 2 is 2.10 bits per heavy atom. The van der Waals surface area contributed by atoms with E-state index in [0.717, 1.165) is 24.6 Å². The normalized spacial score (nSPS) is 20.2. The van der Waals surface area contributed by atoms with E-state index in [-0.39, 0.29) is 17.4 Å². The van der Waals surface area contributed by atoms with E-state index in [1.54, 1.807) is 0 Å². The van der Waals surface area contributed by atoms with Crippen molar-refractivity contribution in [1.29, 1.82) is 0 Å². The van der Waals surface area contributed by atoms with Gasteiger partial charge in [-0.25, -0.2) is 13.1 Å². The molecule has 0 amide bonds. The molecule has 20 heavy (non-hydrogen) atoms. The number of sulfonamides is 1. The molecule has 1 heterocycles. The van der Waals surface area contributed by atoms with Crippen LogP contribution in [0.5, 0.6) is 0 Å². The Morgan fingerprint density at radius 1 is 1.35 bits per heavy atom. The minimum atomic E-state index is -4.56. The van der Waals surface area contributed by atoms with Crippen molar-refractivity contribution < 1.29 is 26.3 Å². The molecule has 112 valence electrons. The number of rotatable bonds is 4. The Bertz CT molecular complexity index is 566. The fourth-order valence-corrected chi connectivity index (χ4v) is 3.06. The van der Waals surface area contributed by atoms with Crippen molar-refractivity contribution in [2.45, 2.75) is 17.5 Å². The first-order valence-electron chi connectivity index (χ1n) is 6.04. The van der Waals surface area contributed by atoms with Crippen LogP contribution in [0.4, 0.5) is 13.2 Å². The summed E-state index contributed by atoms with van der Waals surface area (Å²) in [6, 6.07) is 3.69. The van der Waals surface area contributed by atoms with Crippen LogP contribution in [-0.2, 0) is 20.9 Å². The Hall–Kier alpha value is -1.12. The van der Waals surface area contributed by atoms with Gasteiger partial charge in [0.1, 0.15) is 0 Å². The molecule has 1 N–H and O–H groups in total. The van der Waals surface area contributed by atoms with E-state index in [1.165, 1.54) is 0 Å². The summed E-state index contributed by atoms with van der Waals surface area (Å²) in [6.45, 7) is 1.21. The van der Waals surface area contributed by atoms with Crippen LogP contribution < -0.4 is 4.72 Å². The smallest absolute Gasteiger partial charge is 0.381 e. The summed E-state index contributed by atoms with van der Waals surface area (Å²) in [5.41, 5.74) is -0.982. The average molecular weight is 309 g/mol. The lowest BCUT2D eigenvalue weighted by atomic mass is 10.1. The fraction of sp³-hybridized carbons (Fsp3) is 0.500. The van der Waals surface area contributed by atoms with Crippen LogP contribution in [0.1, 0.15) is 12.0 Å². The van der Waals surface area contributed by atoms with Gasteiger partial charge in [0.2, 0.25) is 10.0 Å². The number of hydrogen-bond acceptors (Lipinski definition) is 3.